The third-order valence-corrected chi connectivity index (χ3v) is 6.51. The molecule has 0 bridgehead atoms. The Bertz CT molecular complexity index is 769. The second kappa shape index (κ2) is 9.98. The molecular weight excluding hydrogens is 375 g/mol. The SMILES string of the molecule is CCc1cnc(CCNC(=NC)NCC2(c3ccc(F)cc3)CCOCC2)s1. The zero-order chi connectivity index (χ0) is 19.8. The van der Waals surface area contributed by atoms with E-state index in [0.29, 0.717) is 0 Å². The maximum atomic E-state index is 13.4. The lowest BCUT2D eigenvalue weighted by molar-refractivity contribution is 0.0513. The van der Waals surface area contributed by atoms with Crippen molar-refractivity contribution in [2.45, 2.75) is 38.0 Å². The van der Waals surface area contributed by atoms with E-state index in [4.69, 9.17) is 4.74 Å². The van der Waals surface area contributed by atoms with Crippen molar-refractivity contribution in [2.75, 3.05) is 33.4 Å². The summed E-state index contributed by atoms with van der Waals surface area (Å²) in [6.45, 7) is 5.10. The van der Waals surface area contributed by atoms with Gasteiger partial charge >= 0.3 is 0 Å². The molecule has 0 amide bonds. The summed E-state index contributed by atoms with van der Waals surface area (Å²) in [4.78, 5) is 10.1. The van der Waals surface area contributed by atoms with Crippen LogP contribution < -0.4 is 10.6 Å². The van der Waals surface area contributed by atoms with Gasteiger partial charge in [-0.05, 0) is 37.0 Å². The van der Waals surface area contributed by atoms with Crippen LogP contribution in [0.3, 0.4) is 0 Å². The fourth-order valence-electron chi connectivity index (χ4n) is 3.52. The molecule has 2 N–H and O–H groups in total. The van der Waals surface area contributed by atoms with Crippen molar-refractivity contribution in [3.8, 4) is 0 Å². The topological polar surface area (TPSA) is 58.5 Å². The highest BCUT2D eigenvalue weighted by molar-refractivity contribution is 7.11. The molecule has 1 aliphatic rings. The standard InChI is InChI=1S/C21H29FN4OS/c1-3-18-14-25-19(28-18)8-11-24-20(23-2)26-15-21(9-12-27-13-10-21)16-4-6-17(22)7-5-16/h4-7,14H,3,8-13,15H2,1-2H3,(H2,23,24,26). The van der Waals surface area contributed by atoms with Gasteiger partial charge in [-0.1, -0.05) is 19.1 Å². The number of hydrogen-bond donors (Lipinski definition) is 2. The maximum absolute atomic E-state index is 13.4. The second-order valence-corrected chi connectivity index (χ2v) is 8.28. The third kappa shape index (κ3) is 5.29. The summed E-state index contributed by atoms with van der Waals surface area (Å²) in [7, 11) is 1.78. The van der Waals surface area contributed by atoms with E-state index >= 15 is 0 Å². The zero-order valence-electron chi connectivity index (χ0n) is 16.6. The summed E-state index contributed by atoms with van der Waals surface area (Å²) in [5, 5.41) is 7.99. The molecule has 1 aliphatic heterocycles. The summed E-state index contributed by atoms with van der Waals surface area (Å²) in [6, 6.07) is 6.87. The molecule has 7 heteroatoms. The predicted octanol–water partition coefficient (Wildman–Crippen LogP) is 3.30. The van der Waals surface area contributed by atoms with Gasteiger partial charge in [0.2, 0.25) is 0 Å². The van der Waals surface area contributed by atoms with Gasteiger partial charge in [-0.3, -0.25) is 4.99 Å². The number of aryl methyl sites for hydroxylation is 1. The molecular formula is C21H29FN4OS. The molecule has 2 aromatic rings. The summed E-state index contributed by atoms with van der Waals surface area (Å²) >= 11 is 1.77. The normalized spacial score (nSPS) is 16.8. The summed E-state index contributed by atoms with van der Waals surface area (Å²) in [6.07, 6.45) is 5.68. The Kier molecular flexibility index (Phi) is 7.39. The van der Waals surface area contributed by atoms with Gasteiger partial charge in [0.1, 0.15) is 5.82 Å². The Morgan fingerprint density at radius 2 is 2.00 bits per heavy atom. The van der Waals surface area contributed by atoms with Gasteiger partial charge in [-0.15, -0.1) is 11.3 Å². The lowest BCUT2D eigenvalue weighted by Gasteiger charge is -2.38. The van der Waals surface area contributed by atoms with Gasteiger partial charge in [0.15, 0.2) is 5.96 Å². The number of rotatable bonds is 7. The summed E-state index contributed by atoms with van der Waals surface area (Å²) in [5.74, 6) is 0.574. The molecule has 152 valence electrons. The van der Waals surface area contributed by atoms with Crippen LogP contribution in [0.4, 0.5) is 4.39 Å². The third-order valence-electron chi connectivity index (χ3n) is 5.31. The highest BCUT2D eigenvalue weighted by Gasteiger charge is 2.34. The second-order valence-electron chi connectivity index (χ2n) is 7.08. The lowest BCUT2D eigenvalue weighted by atomic mass is 9.74. The van der Waals surface area contributed by atoms with E-state index < -0.39 is 0 Å². The van der Waals surface area contributed by atoms with E-state index in [1.807, 2.05) is 18.3 Å². The first-order valence-corrected chi connectivity index (χ1v) is 10.7. The van der Waals surface area contributed by atoms with Gasteiger partial charge in [-0.2, -0.15) is 0 Å². The summed E-state index contributed by atoms with van der Waals surface area (Å²) < 4.78 is 19.0. The van der Waals surface area contributed by atoms with E-state index in [2.05, 4.69) is 27.5 Å². The van der Waals surface area contributed by atoms with Gasteiger partial charge in [0, 0.05) is 56.3 Å². The van der Waals surface area contributed by atoms with Crippen LogP contribution in [-0.4, -0.2) is 44.3 Å². The van der Waals surface area contributed by atoms with Crippen LogP contribution in [0.5, 0.6) is 0 Å². The van der Waals surface area contributed by atoms with Gasteiger partial charge in [0.05, 0.1) is 5.01 Å². The lowest BCUT2D eigenvalue weighted by Crippen LogP contribution is -2.48. The summed E-state index contributed by atoms with van der Waals surface area (Å²) in [5.41, 5.74) is 1.07. The number of hydrogen-bond acceptors (Lipinski definition) is 4. The fraction of sp³-hybridized carbons (Fsp3) is 0.524. The number of guanidine groups is 1. The minimum atomic E-state index is -0.204. The number of nitrogens with one attached hydrogen (secondary N) is 2. The molecule has 3 rings (SSSR count). The quantitative estimate of drug-likeness (QED) is 0.549. The minimum Gasteiger partial charge on any atom is -0.381 e. The van der Waals surface area contributed by atoms with Gasteiger partial charge < -0.3 is 15.4 Å². The Morgan fingerprint density at radius 3 is 2.64 bits per heavy atom. The van der Waals surface area contributed by atoms with E-state index in [0.717, 1.165) is 68.5 Å². The smallest absolute Gasteiger partial charge is 0.191 e. The van der Waals surface area contributed by atoms with Crippen molar-refractivity contribution < 1.29 is 9.13 Å². The van der Waals surface area contributed by atoms with Crippen molar-refractivity contribution in [2.24, 2.45) is 4.99 Å². The highest BCUT2D eigenvalue weighted by atomic mass is 32.1. The number of halogens is 1. The van der Waals surface area contributed by atoms with Crippen molar-refractivity contribution >= 4 is 17.3 Å². The number of aliphatic imine (C=N–C) groups is 1. The number of nitrogens with zero attached hydrogens (tertiary/aromatic N) is 2. The van der Waals surface area contributed by atoms with Crippen LogP contribution in [0.15, 0.2) is 35.5 Å². The predicted molar refractivity (Wildman–Crippen MR) is 113 cm³/mol. The molecule has 1 aromatic carbocycles. The highest BCUT2D eigenvalue weighted by Crippen LogP contribution is 2.34. The first-order valence-electron chi connectivity index (χ1n) is 9.87. The molecule has 5 nitrogen and oxygen atoms in total. The molecule has 0 saturated carbocycles. The number of benzene rings is 1. The molecule has 1 aromatic heterocycles. The van der Waals surface area contributed by atoms with E-state index in [1.165, 1.54) is 17.0 Å². The van der Waals surface area contributed by atoms with E-state index in [1.54, 1.807) is 18.4 Å². The van der Waals surface area contributed by atoms with Crippen LogP contribution in [0.1, 0.15) is 35.2 Å². The van der Waals surface area contributed by atoms with Crippen LogP contribution in [-0.2, 0) is 23.0 Å². The zero-order valence-corrected chi connectivity index (χ0v) is 17.4. The van der Waals surface area contributed by atoms with Crippen molar-refractivity contribution in [1.29, 1.82) is 0 Å². The fourth-order valence-corrected chi connectivity index (χ4v) is 4.38. The largest absolute Gasteiger partial charge is 0.381 e. The monoisotopic (exact) mass is 404 g/mol. The van der Waals surface area contributed by atoms with Crippen molar-refractivity contribution in [1.82, 2.24) is 15.6 Å². The molecule has 28 heavy (non-hydrogen) atoms. The van der Waals surface area contributed by atoms with Crippen LogP contribution >= 0.6 is 11.3 Å². The van der Waals surface area contributed by atoms with Gasteiger partial charge in [-0.25, -0.2) is 9.37 Å². The van der Waals surface area contributed by atoms with E-state index in [9.17, 15) is 4.39 Å². The Morgan fingerprint density at radius 1 is 1.25 bits per heavy atom. The Balaban J connectivity index is 1.57. The van der Waals surface area contributed by atoms with Crippen LogP contribution in [0.2, 0.25) is 0 Å². The average Bonchev–Trinajstić information content (AvgIpc) is 3.19. The van der Waals surface area contributed by atoms with Crippen LogP contribution in [0, 0.1) is 5.82 Å². The molecule has 1 fully saturated rings. The number of thiazole rings is 1. The number of aromatic nitrogens is 1. The molecule has 1 saturated heterocycles. The minimum absolute atomic E-state index is 0.0745. The molecule has 2 heterocycles. The molecule has 0 unspecified atom stereocenters. The van der Waals surface area contributed by atoms with E-state index in [-0.39, 0.29) is 11.2 Å². The number of ether oxygens (including phenoxy) is 1. The first kappa shape index (κ1) is 20.7. The molecule has 0 atom stereocenters. The van der Waals surface area contributed by atoms with Crippen molar-refractivity contribution in [3.63, 3.8) is 0 Å². The average molecular weight is 405 g/mol. The first-order chi connectivity index (χ1) is 13.6. The Labute approximate surface area is 170 Å². The molecule has 0 spiro atoms. The van der Waals surface area contributed by atoms with Gasteiger partial charge in [0.25, 0.3) is 0 Å². The maximum Gasteiger partial charge on any atom is 0.191 e. The molecule has 0 aliphatic carbocycles. The Hall–Kier alpha value is -1.99. The van der Waals surface area contributed by atoms with Crippen LogP contribution in [0.25, 0.3) is 0 Å². The van der Waals surface area contributed by atoms with Crippen molar-refractivity contribution in [3.05, 3.63) is 51.7 Å². The molecule has 0 radical (unpaired) electrons.